The SMILES string of the molecule is CCNC(=NCC(O)COCC(C)C)N1CCC2C(CCCN2Cc2ccccc2)C1. The maximum atomic E-state index is 10.3. The van der Waals surface area contributed by atoms with Crippen molar-refractivity contribution in [1.82, 2.24) is 15.1 Å². The summed E-state index contributed by atoms with van der Waals surface area (Å²) in [6.45, 7) is 12.9. The van der Waals surface area contributed by atoms with Gasteiger partial charge in [-0.1, -0.05) is 44.2 Å². The first-order valence-corrected chi connectivity index (χ1v) is 12.1. The molecule has 6 heteroatoms. The van der Waals surface area contributed by atoms with Gasteiger partial charge in [-0.05, 0) is 50.1 Å². The molecule has 6 nitrogen and oxygen atoms in total. The Hall–Kier alpha value is -1.63. The number of aliphatic hydroxyl groups excluding tert-OH is 1. The van der Waals surface area contributed by atoms with E-state index < -0.39 is 6.10 Å². The predicted octanol–water partition coefficient (Wildman–Crippen LogP) is 2.97. The molecule has 0 radical (unpaired) electrons. The summed E-state index contributed by atoms with van der Waals surface area (Å²) in [6, 6.07) is 11.5. The lowest BCUT2D eigenvalue weighted by Gasteiger charge is -2.48. The number of benzene rings is 1. The average molecular weight is 431 g/mol. The number of rotatable bonds is 9. The van der Waals surface area contributed by atoms with Crippen LogP contribution in [0.25, 0.3) is 0 Å². The first-order chi connectivity index (χ1) is 15.1. The van der Waals surface area contributed by atoms with E-state index in [1.807, 2.05) is 0 Å². The van der Waals surface area contributed by atoms with Crippen molar-refractivity contribution in [3.8, 4) is 0 Å². The summed E-state index contributed by atoms with van der Waals surface area (Å²) in [5.74, 6) is 2.09. The Kier molecular flexibility index (Phi) is 9.62. The monoisotopic (exact) mass is 430 g/mol. The predicted molar refractivity (Wildman–Crippen MR) is 127 cm³/mol. The molecule has 2 aliphatic heterocycles. The third kappa shape index (κ3) is 7.48. The van der Waals surface area contributed by atoms with E-state index in [-0.39, 0.29) is 0 Å². The zero-order chi connectivity index (χ0) is 22.1. The summed E-state index contributed by atoms with van der Waals surface area (Å²) in [7, 11) is 0. The van der Waals surface area contributed by atoms with Crippen molar-refractivity contribution in [2.24, 2.45) is 16.8 Å². The van der Waals surface area contributed by atoms with Crippen LogP contribution in [0, 0.1) is 11.8 Å². The van der Waals surface area contributed by atoms with Crippen LogP contribution in [0.2, 0.25) is 0 Å². The molecule has 174 valence electrons. The smallest absolute Gasteiger partial charge is 0.194 e. The number of nitrogens with one attached hydrogen (secondary N) is 1. The van der Waals surface area contributed by atoms with E-state index in [9.17, 15) is 5.11 Å². The second-order valence-electron chi connectivity index (χ2n) is 9.44. The summed E-state index contributed by atoms with van der Waals surface area (Å²) in [4.78, 5) is 9.84. The number of fused-ring (bicyclic) bond motifs is 1. The molecule has 0 bridgehead atoms. The van der Waals surface area contributed by atoms with Crippen LogP contribution in [0.1, 0.15) is 45.6 Å². The third-order valence-electron chi connectivity index (χ3n) is 6.26. The molecule has 1 aromatic rings. The topological polar surface area (TPSA) is 60.3 Å². The van der Waals surface area contributed by atoms with Gasteiger partial charge in [0.15, 0.2) is 5.96 Å². The van der Waals surface area contributed by atoms with Crippen molar-refractivity contribution in [2.45, 2.75) is 58.7 Å². The molecular weight excluding hydrogens is 388 g/mol. The molecule has 3 unspecified atom stereocenters. The minimum atomic E-state index is -0.555. The number of nitrogens with zero attached hydrogens (tertiary/aromatic N) is 3. The molecule has 2 N–H and O–H groups in total. The van der Waals surface area contributed by atoms with Gasteiger partial charge in [0.05, 0.1) is 19.3 Å². The van der Waals surface area contributed by atoms with Crippen molar-refractivity contribution >= 4 is 5.96 Å². The Balaban J connectivity index is 1.55. The minimum absolute atomic E-state index is 0.347. The second kappa shape index (κ2) is 12.4. The summed E-state index contributed by atoms with van der Waals surface area (Å²) in [6.07, 6.45) is 3.17. The highest BCUT2D eigenvalue weighted by Crippen LogP contribution is 2.31. The lowest BCUT2D eigenvalue weighted by atomic mass is 9.83. The molecule has 0 amide bonds. The van der Waals surface area contributed by atoms with Crippen LogP contribution in [0.4, 0.5) is 0 Å². The zero-order valence-electron chi connectivity index (χ0n) is 19.7. The molecule has 0 saturated carbocycles. The van der Waals surface area contributed by atoms with Gasteiger partial charge in [-0.15, -0.1) is 0 Å². The van der Waals surface area contributed by atoms with Crippen LogP contribution in [0.15, 0.2) is 35.3 Å². The van der Waals surface area contributed by atoms with Crippen molar-refractivity contribution < 1.29 is 9.84 Å². The highest BCUT2D eigenvalue weighted by atomic mass is 16.5. The maximum absolute atomic E-state index is 10.3. The summed E-state index contributed by atoms with van der Waals surface area (Å²) in [5.41, 5.74) is 1.41. The molecule has 2 heterocycles. The van der Waals surface area contributed by atoms with Gasteiger partial charge in [-0.25, -0.2) is 0 Å². The first kappa shape index (κ1) is 24.0. The molecule has 0 aliphatic carbocycles. The number of aliphatic hydroxyl groups is 1. The summed E-state index contributed by atoms with van der Waals surface area (Å²) < 4.78 is 5.57. The lowest BCUT2D eigenvalue weighted by molar-refractivity contribution is 0.0290. The van der Waals surface area contributed by atoms with Gasteiger partial charge >= 0.3 is 0 Å². The highest BCUT2D eigenvalue weighted by molar-refractivity contribution is 5.80. The van der Waals surface area contributed by atoms with E-state index in [1.165, 1.54) is 31.4 Å². The van der Waals surface area contributed by atoms with Gasteiger partial charge in [0.25, 0.3) is 0 Å². The fourth-order valence-electron chi connectivity index (χ4n) is 4.82. The van der Waals surface area contributed by atoms with Crippen molar-refractivity contribution in [2.75, 3.05) is 45.9 Å². The Morgan fingerprint density at radius 2 is 2.00 bits per heavy atom. The highest BCUT2D eigenvalue weighted by Gasteiger charge is 2.36. The molecule has 2 saturated heterocycles. The molecular formula is C25H42N4O2. The Bertz CT molecular complexity index is 667. The van der Waals surface area contributed by atoms with Crippen molar-refractivity contribution in [3.63, 3.8) is 0 Å². The normalized spacial score (nSPS) is 23.6. The van der Waals surface area contributed by atoms with E-state index in [1.54, 1.807) is 0 Å². The molecule has 2 aliphatic rings. The van der Waals surface area contributed by atoms with Crippen LogP contribution in [0.3, 0.4) is 0 Å². The zero-order valence-corrected chi connectivity index (χ0v) is 19.7. The minimum Gasteiger partial charge on any atom is -0.389 e. The summed E-state index contributed by atoms with van der Waals surface area (Å²) >= 11 is 0. The number of hydrogen-bond acceptors (Lipinski definition) is 4. The maximum Gasteiger partial charge on any atom is 0.194 e. The van der Waals surface area contributed by atoms with Crippen LogP contribution < -0.4 is 5.32 Å². The van der Waals surface area contributed by atoms with Crippen LogP contribution in [0.5, 0.6) is 0 Å². The van der Waals surface area contributed by atoms with Crippen molar-refractivity contribution in [3.05, 3.63) is 35.9 Å². The summed E-state index contributed by atoms with van der Waals surface area (Å²) in [5, 5.41) is 13.7. The molecule has 31 heavy (non-hydrogen) atoms. The van der Waals surface area contributed by atoms with E-state index in [0.29, 0.717) is 37.6 Å². The number of aliphatic imine (C=N–C) groups is 1. The van der Waals surface area contributed by atoms with Crippen LogP contribution in [-0.2, 0) is 11.3 Å². The lowest BCUT2D eigenvalue weighted by Crippen LogP contribution is -2.56. The molecule has 2 fully saturated rings. The molecule has 1 aromatic carbocycles. The molecule has 3 rings (SSSR count). The van der Waals surface area contributed by atoms with E-state index in [0.717, 1.165) is 32.1 Å². The van der Waals surface area contributed by atoms with E-state index >= 15 is 0 Å². The van der Waals surface area contributed by atoms with Gasteiger partial charge in [0.2, 0.25) is 0 Å². The van der Waals surface area contributed by atoms with Gasteiger partial charge in [0.1, 0.15) is 0 Å². The van der Waals surface area contributed by atoms with Crippen LogP contribution in [-0.4, -0.2) is 78.9 Å². The first-order valence-electron chi connectivity index (χ1n) is 12.1. The van der Waals surface area contributed by atoms with E-state index in [2.05, 4.69) is 66.2 Å². The fourth-order valence-corrected chi connectivity index (χ4v) is 4.82. The van der Waals surface area contributed by atoms with Crippen molar-refractivity contribution in [1.29, 1.82) is 0 Å². The number of likely N-dealkylation sites (tertiary alicyclic amines) is 2. The Morgan fingerprint density at radius 3 is 2.74 bits per heavy atom. The van der Waals surface area contributed by atoms with E-state index in [4.69, 9.17) is 9.73 Å². The number of ether oxygens (including phenoxy) is 1. The largest absolute Gasteiger partial charge is 0.389 e. The quantitative estimate of drug-likeness (QED) is 0.466. The number of hydrogen-bond donors (Lipinski definition) is 2. The fraction of sp³-hybridized carbons (Fsp3) is 0.720. The Morgan fingerprint density at radius 1 is 1.19 bits per heavy atom. The van der Waals surface area contributed by atoms with Gasteiger partial charge in [-0.3, -0.25) is 9.89 Å². The third-order valence-corrected chi connectivity index (χ3v) is 6.26. The molecule has 0 aromatic heterocycles. The average Bonchev–Trinajstić information content (AvgIpc) is 2.77. The number of guanidine groups is 1. The van der Waals surface area contributed by atoms with Crippen LogP contribution >= 0.6 is 0 Å². The molecule has 0 spiro atoms. The standard InChI is InChI=1S/C25H42N4O2/c1-4-26-25(27-15-23(30)19-31-18-20(2)3)29-14-12-24-22(17-29)11-8-13-28(24)16-21-9-6-5-7-10-21/h5-7,9-10,20,22-24,30H,4,8,11-19H2,1-3H3,(H,26,27). The van der Waals surface area contributed by atoms with Gasteiger partial charge in [0, 0.05) is 38.8 Å². The van der Waals surface area contributed by atoms with Gasteiger partial charge in [-0.2, -0.15) is 0 Å². The van der Waals surface area contributed by atoms with Gasteiger partial charge < -0.3 is 20.1 Å². The molecule has 3 atom stereocenters. The number of piperidine rings is 2. The second-order valence-corrected chi connectivity index (χ2v) is 9.44. The Labute approximate surface area is 188 Å².